The number of carbonyl (C=O) groups excluding carboxylic acids is 1. The summed E-state index contributed by atoms with van der Waals surface area (Å²) in [6.07, 6.45) is 6.18. The standard InChI is InChI=1S/C22H38N4O2S/c1-17(2)14-26-19(4)18(3)24-21(26)29-15-20(27)23-16-22(8-6-5-7-9-22)25-10-12-28-13-11-25/h17H,5-16H2,1-4H3,(H,23,27). The molecule has 0 spiro atoms. The molecule has 2 heterocycles. The van der Waals surface area contributed by atoms with Gasteiger partial charge >= 0.3 is 0 Å². The minimum absolute atomic E-state index is 0.114. The van der Waals surface area contributed by atoms with Gasteiger partial charge in [0.2, 0.25) is 5.91 Å². The molecular weight excluding hydrogens is 384 g/mol. The Morgan fingerprint density at radius 1 is 1.21 bits per heavy atom. The van der Waals surface area contributed by atoms with Crippen molar-refractivity contribution < 1.29 is 9.53 Å². The highest BCUT2D eigenvalue weighted by Gasteiger charge is 2.38. The van der Waals surface area contributed by atoms with E-state index in [2.05, 4.69) is 35.6 Å². The maximum Gasteiger partial charge on any atom is 0.230 e. The van der Waals surface area contributed by atoms with Gasteiger partial charge < -0.3 is 14.6 Å². The fraction of sp³-hybridized carbons (Fsp3) is 0.818. The molecule has 0 bridgehead atoms. The van der Waals surface area contributed by atoms with E-state index in [0.717, 1.165) is 50.2 Å². The number of thioether (sulfide) groups is 1. The highest BCUT2D eigenvalue weighted by molar-refractivity contribution is 7.99. The van der Waals surface area contributed by atoms with Gasteiger partial charge in [-0.05, 0) is 32.6 Å². The summed E-state index contributed by atoms with van der Waals surface area (Å²) in [7, 11) is 0. The zero-order valence-electron chi connectivity index (χ0n) is 18.6. The van der Waals surface area contributed by atoms with E-state index < -0.39 is 0 Å². The van der Waals surface area contributed by atoms with Crippen molar-refractivity contribution in [3.05, 3.63) is 11.4 Å². The summed E-state index contributed by atoms with van der Waals surface area (Å²) in [6, 6.07) is 0. The van der Waals surface area contributed by atoms with Crippen LogP contribution in [-0.4, -0.2) is 64.5 Å². The molecule has 0 atom stereocenters. The number of nitrogens with zero attached hydrogens (tertiary/aromatic N) is 3. The average Bonchev–Trinajstić information content (AvgIpc) is 2.99. The second-order valence-corrected chi connectivity index (χ2v) is 9.96. The lowest BCUT2D eigenvalue weighted by Gasteiger charge is -2.48. The van der Waals surface area contributed by atoms with Crippen molar-refractivity contribution in [3.63, 3.8) is 0 Å². The van der Waals surface area contributed by atoms with Crippen molar-refractivity contribution in [2.75, 3.05) is 38.6 Å². The summed E-state index contributed by atoms with van der Waals surface area (Å²) in [6.45, 7) is 13.9. The minimum atomic E-state index is 0.114. The van der Waals surface area contributed by atoms with Gasteiger partial charge in [0.15, 0.2) is 5.16 Å². The van der Waals surface area contributed by atoms with Gasteiger partial charge in [-0.2, -0.15) is 0 Å². The number of hydrogen-bond donors (Lipinski definition) is 1. The molecule has 164 valence electrons. The van der Waals surface area contributed by atoms with Crippen molar-refractivity contribution in [1.82, 2.24) is 19.8 Å². The Morgan fingerprint density at radius 2 is 1.90 bits per heavy atom. The van der Waals surface area contributed by atoms with Crippen LogP contribution < -0.4 is 5.32 Å². The molecule has 1 amide bonds. The summed E-state index contributed by atoms with van der Waals surface area (Å²) >= 11 is 1.56. The van der Waals surface area contributed by atoms with E-state index in [9.17, 15) is 4.79 Å². The van der Waals surface area contributed by atoms with E-state index in [-0.39, 0.29) is 11.4 Å². The third-order valence-electron chi connectivity index (χ3n) is 6.38. The summed E-state index contributed by atoms with van der Waals surface area (Å²) in [5, 5.41) is 4.23. The van der Waals surface area contributed by atoms with E-state index >= 15 is 0 Å². The van der Waals surface area contributed by atoms with Crippen molar-refractivity contribution >= 4 is 17.7 Å². The Morgan fingerprint density at radius 3 is 2.55 bits per heavy atom. The first-order valence-corrected chi connectivity index (χ1v) is 12.2. The van der Waals surface area contributed by atoms with E-state index in [4.69, 9.17) is 9.72 Å². The SMILES string of the molecule is Cc1nc(SCC(=O)NCC2(N3CCOCC3)CCCCC2)n(CC(C)C)c1C. The molecule has 1 aliphatic heterocycles. The average molecular weight is 423 g/mol. The van der Waals surface area contributed by atoms with Crippen LogP contribution in [0.5, 0.6) is 0 Å². The number of ether oxygens (including phenoxy) is 1. The van der Waals surface area contributed by atoms with Crippen molar-refractivity contribution in [1.29, 1.82) is 0 Å². The molecule has 1 saturated carbocycles. The Bertz CT molecular complexity index is 677. The molecule has 3 rings (SSSR count). The van der Waals surface area contributed by atoms with Gasteiger partial charge in [-0.1, -0.05) is 44.9 Å². The van der Waals surface area contributed by atoms with Gasteiger partial charge in [0, 0.05) is 37.4 Å². The lowest BCUT2D eigenvalue weighted by atomic mass is 9.79. The molecule has 0 radical (unpaired) electrons. The molecule has 2 fully saturated rings. The van der Waals surface area contributed by atoms with Gasteiger partial charge in [-0.25, -0.2) is 4.98 Å². The molecule has 29 heavy (non-hydrogen) atoms. The number of rotatable bonds is 8. The minimum Gasteiger partial charge on any atom is -0.379 e. The molecule has 6 nitrogen and oxygen atoms in total. The number of aromatic nitrogens is 2. The summed E-state index contributed by atoms with van der Waals surface area (Å²) in [5.74, 6) is 1.09. The Labute approximate surface area is 180 Å². The molecule has 2 aliphatic rings. The van der Waals surface area contributed by atoms with Gasteiger partial charge in [-0.3, -0.25) is 9.69 Å². The first kappa shape index (κ1) is 22.6. The fourth-order valence-corrected chi connectivity index (χ4v) is 5.54. The molecule has 1 aromatic rings. The van der Waals surface area contributed by atoms with Crippen LogP contribution in [-0.2, 0) is 16.1 Å². The number of imidazole rings is 1. The molecule has 1 aromatic heterocycles. The molecule has 7 heteroatoms. The smallest absolute Gasteiger partial charge is 0.230 e. The van der Waals surface area contributed by atoms with Crippen molar-refractivity contribution in [3.8, 4) is 0 Å². The molecule has 0 aromatic carbocycles. The predicted octanol–water partition coefficient (Wildman–Crippen LogP) is 3.40. The van der Waals surface area contributed by atoms with E-state index in [1.54, 1.807) is 11.8 Å². The van der Waals surface area contributed by atoms with E-state index in [1.165, 1.54) is 37.8 Å². The molecule has 1 aliphatic carbocycles. The summed E-state index contributed by atoms with van der Waals surface area (Å²) in [4.78, 5) is 20.0. The van der Waals surface area contributed by atoms with E-state index in [0.29, 0.717) is 11.7 Å². The van der Waals surface area contributed by atoms with Crippen LogP contribution in [0.25, 0.3) is 0 Å². The van der Waals surface area contributed by atoms with Gasteiger partial charge in [0.25, 0.3) is 0 Å². The largest absolute Gasteiger partial charge is 0.379 e. The lowest BCUT2D eigenvalue weighted by molar-refractivity contribution is -0.119. The monoisotopic (exact) mass is 422 g/mol. The van der Waals surface area contributed by atoms with Gasteiger partial charge in [0.1, 0.15) is 0 Å². The number of carbonyl (C=O) groups is 1. The maximum atomic E-state index is 12.7. The summed E-state index contributed by atoms with van der Waals surface area (Å²) in [5.41, 5.74) is 2.38. The molecule has 0 unspecified atom stereocenters. The zero-order chi connectivity index (χ0) is 20.9. The van der Waals surface area contributed by atoms with Crippen LogP contribution in [0.1, 0.15) is 57.3 Å². The number of aryl methyl sites for hydroxylation is 1. The number of morpholine rings is 1. The van der Waals surface area contributed by atoms with Gasteiger partial charge in [-0.15, -0.1) is 0 Å². The third kappa shape index (κ3) is 5.76. The predicted molar refractivity (Wildman–Crippen MR) is 118 cm³/mol. The lowest BCUT2D eigenvalue weighted by Crippen LogP contribution is -2.59. The fourth-order valence-electron chi connectivity index (χ4n) is 4.61. The molecule has 1 saturated heterocycles. The Balaban J connectivity index is 1.57. The Kier molecular flexibility index (Phi) is 8.05. The first-order chi connectivity index (χ1) is 13.9. The van der Waals surface area contributed by atoms with Crippen LogP contribution in [0.2, 0.25) is 0 Å². The Hall–Kier alpha value is -1.05. The van der Waals surface area contributed by atoms with Crippen LogP contribution in [0.3, 0.4) is 0 Å². The second kappa shape index (κ2) is 10.3. The molecular formula is C22H38N4O2S. The number of amides is 1. The van der Waals surface area contributed by atoms with E-state index in [1.807, 2.05) is 6.92 Å². The van der Waals surface area contributed by atoms with Crippen LogP contribution >= 0.6 is 11.8 Å². The maximum absolute atomic E-state index is 12.7. The zero-order valence-corrected chi connectivity index (χ0v) is 19.4. The van der Waals surface area contributed by atoms with Crippen LogP contribution in [0.15, 0.2) is 5.16 Å². The highest BCUT2D eigenvalue weighted by Crippen LogP contribution is 2.34. The highest BCUT2D eigenvalue weighted by atomic mass is 32.2. The van der Waals surface area contributed by atoms with Crippen LogP contribution in [0, 0.1) is 19.8 Å². The molecule has 1 N–H and O–H groups in total. The quantitative estimate of drug-likeness (QED) is 0.651. The number of nitrogens with one attached hydrogen (secondary N) is 1. The van der Waals surface area contributed by atoms with Gasteiger partial charge in [0.05, 0.1) is 24.7 Å². The third-order valence-corrected chi connectivity index (χ3v) is 7.36. The van der Waals surface area contributed by atoms with Crippen LogP contribution in [0.4, 0.5) is 0 Å². The first-order valence-electron chi connectivity index (χ1n) is 11.2. The van der Waals surface area contributed by atoms with Crippen molar-refractivity contribution in [2.45, 2.75) is 77.0 Å². The second-order valence-electron chi connectivity index (χ2n) is 9.02. The topological polar surface area (TPSA) is 59.4 Å². The normalized spacial score (nSPS) is 20.2. The summed E-state index contributed by atoms with van der Waals surface area (Å²) < 4.78 is 7.82. The number of hydrogen-bond acceptors (Lipinski definition) is 5. The van der Waals surface area contributed by atoms with Crippen molar-refractivity contribution in [2.24, 2.45) is 5.92 Å².